The van der Waals surface area contributed by atoms with Crippen molar-refractivity contribution in [3.05, 3.63) is 65.7 Å². The summed E-state index contributed by atoms with van der Waals surface area (Å²) in [6.07, 6.45) is 0. The number of carbonyl (C=O) groups is 3. The molecule has 1 aliphatic rings. The number of hydrogen-bond donors (Lipinski definition) is 2. The van der Waals surface area contributed by atoms with E-state index in [2.05, 4.69) is 10.6 Å². The summed E-state index contributed by atoms with van der Waals surface area (Å²) in [5.41, 5.74) is 1.81. The largest absolute Gasteiger partial charge is 0.345 e. The quantitative estimate of drug-likeness (QED) is 0.802. The van der Waals surface area contributed by atoms with Crippen LogP contribution in [0.15, 0.2) is 54.6 Å². The molecule has 2 N–H and O–H groups in total. The lowest BCUT2D eigenvalue weighted by Gasteiger charge is -2.17. The molecule has 7 heteroatoms. The molecule has 1 fully saturated rings. The Hall–Kier alpha value is -2.80. The summed E-state index contributed by atoms with van der Waals surface area (Å²) in [6.45, 7) is 2.46. The lowest BCUT2D eigenvalue weighted by atomic mass is 10.1. The maximum atomic E-state index is 12.7. The number of nitrogens with zero attached hydrogens (tertiary/aromatic N) is 1. The maximum Gasteiger partial charge on any atom is 0.282 e. The molecule has 0 radical (unpaired) electrons. The normalized spacial score (nSPS) is 14.7. The smallest absolute Gasteiger partial charge is 0.282 e. The Morgan fingerprint density at radius 3 is 2.52 bits per heavy atom. The van der Waals surface area contributed by atoms with Crippen LogP contribution in [0.3, 0.4) is 0 Å². The van der Waals surface area contributed by atoms with Crippen molar-refractivity contribution >= 4 is 34.5 Å². The van der Waals surface area contributed by atoms with E-state index in [4.69, 9.17) is 0 Å². The first-order chi connectivity index (χ1) is 13.0. The number of amides is 3. The van der Waals surface area contributed by atoms with Crippen LogP contribution < -0.4 is 10.6 Å². The van der Waals surface area contributed by atoms with Gasteiger partial charge >= 0.3 is 0 Å². The summed E-state index contributed by atoms with van der Waals surface area (Å²) in [6, 6.07) is 16.3. The van der Waals surface area contributed by atoms with E-state index in [-0.39, 0.29) is 29.6 Å². The number of hydrogen-bond acceptors (Lipinski definition) is 4. The van der Waals surface area contributed by atoms with Gasteiger partial charge in [-0.1, -0.05) is 54.2 Å². The molecule has 1 unspecified atom stereocenters. The van der Waals surface area contributed by atoms with Crippen molar-refractivity contribution in [2.45, 2.75) is 13.0 Å². The highest BCUT2D eigenvalue weighted by molar-refractivity contribution is 8.13. The zero-order valence-corrected chi connectivity index (χ0v) is 15.8. The summed E-state index contributed by atoms with van der Waals surface area (Å²) in [4.78, 5) is 38.1. The summed E-state index contributed by atoms with van der Waals surface area (Å²) in [7, 11) is 0. The number of anilines is 1. The van der Waals surface area contributed by atoms with Gasteiger partial charge in [-0.2, -0.15) is 0 Å². The molecular weight excluding hydrogens is 362 g/mol. The average molecular weight is 383 g/mol. The summed E-state index contributed by atoms with van der Waals surface area (Å²) >= 11 is 1.21. The lowest BCUT2D eigenvalue weighted by Crippen LogP contribution is -2.34. The molecule has 0 aliphatic carbocycles. The predicted octanol–water partition coefficient (Wildman–Crippen LogP) is 3.28. The molecule has 140 valence electrons. The van der Waals surface area contributed by atoms with Crippen molar-refractivity contribution in [2.75, 3.05) is 24.2 Å². The molecule has 0 spiro atoms. The number of carbonyl (C=O) groups excluding carboxylic acids is 3. The van der Waals surface area contributed by atoms with Gasteiger partial charge in [0, 0.05) is 12.3 Å². The van der Waals surface area contributed by atoms with E-state index in [0.29, 0.717) is 23.5 Å². The third kappa shape index (κ3) is 4.89. The van der Waals surface area contributed by atoms with Gasteiger partial charge in [0.2, 0.25) is 5.91 Å². The molecule has 27 heavy (non-hydrogen) atoms. The Balaban J connectivity index is 1.67. The third-order valence-electron chi connectivity index (χ3n) is 4.27. The number of benzene rings is 2. The van der Waals surface area contributed by atoms with Crippen molar-refractivity contribution < 1.29 is 14.4 Å². The van der Waals surface area contributed by atoms with Gasteiger partial charge < -0.3 is 15.5 Å². The molecule has 0 bridgehead atoms. The monoisotopic (exact) mass is 383 g/mol. The second-order valence-electron chi connectivity index (χ2n) is 6.24. The van der Waals surface area contributed by atoms with Gasteiger partial charge in [0.05, 0.1) is 17.3 Å². The summed E-state index contributed by atoms with van der Waals surface area (Å²) < 4.78 is 0. The van der Waals surface area contributed by atoms with Crippen LogP contribution in [-0.4, -0.2) is 40.8 Å². The van der Waals surface area contributed by atoms with Crippen LogP contribution >= 0.6 is 11.8 Å². The maximum absolute atomic E-state index is 12.7. The van der Waals surface area contributed by atoms with Gasteiger partial charge in [-0.3, -0.25) is 14.4 Å². The van der Waals surface area contributed by atoms with E-state index >= 15 is 0 Å². The fraction of sp³-hybridized carbons (Fsp3) is 0.250. The topological polar surface area (TPSA) is 78.5 Å². The van der Waals surface area contributed by atoms with Crippen molar-refractivity contribution in [2.24, 2.45) is 0 Å². The summed E-state index contributed by atoms with van der Waals surface area (Å²) in [5, 5.41) is 5.61. The van der Waals surface area contributed by atoms with E-state index in [1.807, 2.05) is 37.3 Å². The minimum atomic E-state index is -0.317. The Labute approximate surface area is 162 Å². The fourth-order valence-corrected chi connectivity index (χ4v) is 3.65. The van der Waals surface area contributed by atoms with Gasteiger partial charge in [0.15, 0.2) is 0 Å². The Kier molecular flexibility index (Phi) is 6.13. The lowest BCUT2D eigenvalue weighted by molar-refractivity contribution is -0.116. The van der Waals surface area contributed by atoms with Crippen LogP contribution in [0.5, 0.6) is 0 Å². The van der Waals surface area contributed by atoms with E-state index in [9.17, 15) is 14.4 Å². The molecule has 1 aliphatic heterocycles. The molecule has 0 saturated carbocycles. The van der Waals surface area contributed by atoms with Crippen LogP contribution in [0.1, 0.15) is 28.9 Å². The van der Waals surface area contributed by atoms with E-state index < -0.39 is 0 Å². The number of nitrogens with one attached hydrogen (secondary N) is 2. The number of rotatable bonds is 6. The molecule has 3 amide bonds. The molecular formula is C20H21N3O3S. The predicted molar refractivity (Wildman–Crippen MR) is 107 cm³/mol. The second kappa shape index (κ2) is 8.73. The molecule has 2 aromatic rings. The molecule has 2 aromatic carbocycles. The van der Waals surface area contributed by atoms with Crippen LogP contribution in [0.2, 0.25) is 0 Å². The van der Waals surface area contributed by atoms with Gasteiger partial charge in [-0.05, 0) is 24.6 Å². The highest BCUT2D eigenvalue weighted by atomic mass is 32.2. The Bertz CT molecular complexity index is 841. The molecule has 1 atom stereocenters. The average Bonchev–Trinajstić information content (AvgIpc) is 3.07. The minimum Gasteiger partial charge on any atom is -0.345 e. The van der Waals surface area contributed by atoms with E-state index in [1.165, 1.54) is 16.7 Å². The molecule has 6 nitrogen and oxygen atoms in total. The fourth-order valence-electron chi connectivity index (χ4n) is 2.82. The molecule has 0 aromatic heterocycles. The first kappa shape index (κ1) is 19.0. The van der Waals surface area contributed by atoms with Crippen LogP contribution in [0.25, 0.3) is 0 Å². The van der Waals surface area contributed by atoms with Gasteiger partial charge in [-0.25, -0.2) is 0 Å². The van der Waals surface area contributed by atoms with Crippen LogP contribution in [0, 0.1) is 0 Å². The zero-order valence-electron chi connectivity index (χ0n) is 15.0. The van der Waals surface area contributed by atoms with Gasteiger partial charge in [0.25, 0.3) is 11.1 Å². The zero-order chi connectivity index (χ0) is 19.2. The SMILES string of the molecule is CC(NC(=O)c1ccccc1NC(=O)CN1CCSC1=O)c1ccccc1. The first-order valence-electron chi connectivity index (χ1n) is 8.71. The third-order valence-corrected chi connectivity index (χ3v) is 5.16. The van der Waals surface area contributed by atoms with E-state index in [0.717, 1.165) is 5.56 Å². The Morgan fingerprint density at radius 1 is 1.11 bits per heavy atom. The van der Waals surface area contributed by atoms with Gasteiger partial charge in [-0.15, -0.1) is 0 Å². The van der Waals surface area contributed by atoms with Crippen molar-refractivity contribution in [1.82, 2.24) is 10.2 Å². The Morgan fingerprint density at radius 2 is 1.81 bits per heavy atom. The first-order valence-corrected chi connectivity index (χ1v) is 9.69. The van der Waals surface area contributed by atoms with Crippen molar-refractivity contribution in [3.8, 4) is 0 Å². The highest BCUT2D eigenvalue weighted by Gasteiger charge is 2.24. The van der Waals surface area contributed by atoms with E-state index in [1.54, 1.807) is 24.3 Å². The number of para-hydroxylation sites is 1. The molecule has 1 heterocycles. The van der Waals surface area contributed by atoms with Crippen molar-refractivity contribution in [1.29, 1.82) is 0 Å². The van der Waals surface area contributed by atoms with Gasteiger partial charge in [0.1, 0.15) is 6.54 Å². The van der Waals surface area contributed by atoms with Crippen LogP contribution in [-0.2, 0) is 4.79 Å². The summed E-state index contributed by atoms with van der Waals surface area (Å²) in [5.74, 6) is 0.111. The van der Waals surface area contributed by atoms with Crippen molar-refractivity contribution in [3.63, 3.8) is 0 Å². The molecule has 1 saturated heterocycles. The minimum absolute atomic E-state index is 0.0117. The second-order valence-corrected chi connectivity index (χ2v) is 7.28. The highest BCUT2D eigenvalue weighted by Crippen LogP contribution is 2.19. The standard InChI is InChI=1S/C20H21N3O3S/c1-14(15-7-3-2-4-8-15)21-19(25)16-9-5-6-10-17(16)22-18(24)13-23-11-12-27-20(23)26/h2-10,14H,11-13H2,1H3,(H,21,25)(H,22,24). The van der Waals surface area contributed by atoms with Crippen LogP contribution in [0.4, 0.5) is 10.5 Å². The number of thioether (sulfide) groups is 1. The molecule has 3 rings (SSSR count).